The molecule has 2 aromatic heterocycles. The van der Waals surface area contributed by atoms with Crippen molar-refractivity contribution in [2.24, 2.45) is 0 Å². The Kier molecular flexibility index (Phi) is 5.76. The number of rotatable bonds is 8. The largest absolute Gasteiger partial charge is 0.496 e. The lowest BCUT2D eigenvalue weighted by Crippen LogP contribution is -2.07. The summed E-state index contributed by atoms with van der Waals surface area (Å²) in [5, 5.41) is 15.9. The maximum Gasteiger partial charge on any atom is 0.254 e. The third kappa shape index (κ3) is 3.90. The number of aryl methyl sites for hydroxylation is 1. The van der Waals surface area contributed by atoms with E-state index in [1.54, 1.807) is 14.2 Å². The van der Waals surface area contributed by atoms with Gasteiger partial charge in [-0.05, 0) is 19.1 Å². The Morgan fingerprint density at radius 2 is 1.80 bits per heavy atom. The third-order valence-electron chi connectivity index (χ3n) is 4.62. The molecule has 0 spiro atoms. The minimum absolute atomic E-state index is 0.340. The summed E-state index contributed by atoms with van der Waals surface area (Å²) in [6.45, 7) is 3.12. The second-order valence-corrected chi connectivity index (χ2v) is 6.58. The van der Waals surface area contributed by atoms with Crippen molar-refractivity contribution >= 4 is 5.69 Å². The van der Waals surface area contributed by atoms with E-state index in [4.69, 9.17) is 18.4 Å². The maximum absolute atomic E-state index is 6.00. The molecule has 0 fully saturated rings. The van der Waals surface area contributed by atoms with Crippen molar-refractivity contribution in [3.63, 3.8) is 0 Å². The minimum Gasteiger partial charge on any atom is -0.496 e. The van der Waals surface area contributed by atoms with Gasteiger partial charge in [0, 0.05) is 31.0 Å². The zero-order valence-corrected chi connectivity index (χ0v) is 17.0. The summed E-state index contributed by atoms with van der Waals surface area (Å²) in [4.78, 5) is 0. The van der Waals surface area contributed by atoms with E-state index in [1.807, 2.05) is 55.5 Å². The summed E-state index contributed by atoms with van der Waals surface area (Å²) in [6.07, 6.45) is 0. The fourth-order valence-corrected chi connectivity index (χ4v) is 3.13. The fraction of sp³-hybridized carbons (Fsp3) is 0.227. The molecule has 1 N–H and O–H groups in total. The molecule has 0 bridgehead atoms. The lowest BCUT2D eigenvalue weighted by Gasteiger charge is -2.10. The molecule has 8 nitrogen and oxygen atoms in total. The number of methoxy groups -OCH3 is 2. The number of anilines is 1. The summed E-state index contributed by atoms with van der Waals surface area (Å²) in [5.74, 6) is 1.92. The molecule has 0 radical (unpaired) electrons. The van der Waals surface area contributed by atoms with Crippen molar-refractivity contribution in [3.8, 4) is 39.9 Å². The molecule has 4 aromatic rings. The normalized spacial score (nSPS) is 10.9. The molecule has 0 atom stereocenters. The predicted molar refractivity (Wildman–Crippen MR) is 112 cm³/mol. The van der Waals surface area contributed by atoms with Gasteiger partial charge in [-0.1, -0.05) is 35.5 Å². The molecule has 30 heavy (non-hydrogen) atoms. The van der Waals surface area contributed by atoms with Crippen molar-refractivity contribution < 1.29 is 18.4 Å². The van der Waals surface area contributed by atoms with Crippen molar-refractivity contribution in [1.29, 1.82) is 0 Å². The molecule has 0 saturated carbocycles. The third-order valence-corrected chi connectivity index (χ3v) is 4.62. The van der Waals surface area contributed by atoms with Crippen LogP contribution in [0.5, 0.6) is 5.75 Å². The zero-order valence-electron chi connectivity index (χ0n) is 17.0. The van der Waals surface area contributed by atoms with E-state index >= 15 is 0 Å². The molecule has 0 saturated heterocycles. The first-order valence-electron chi connectivity index (χ1n) is 9.48. The van der Waals surface area contributed by atoms with Crippen molar-refractivity contribution in [3.05, 3.63) is 54.3 Å². The standard InChI is InChI=1S/C22H22N4O4/c1-14-19(20(26-30-14)15-7-5-4-6-8-15)22-25-24-21(29-22)17-10-9-16(13-18(17)28-3)23-11-12-27-2/h4-10,13,23H,11-12H2,1-3H3. The topological polar surface area (TPSA) is 95.4 Å². The van der Waals surface area contributed by atoms with Crippen LogP contribution in [0.4, 0.5) is 5.69 Å². The number of hydrogen-bond acceptors (Lipinski definition) is 8. The van der Waals surface area contributed by atoms with Crippen molar-refractivity contribution in [2.75, 3.05) is 32.7 Å². The Labute approximate surface area is 173 Å². The quantitative estimate of drug-likeness (QED) is 0.429. The van der Waals surface area contributed by atoms with Gasteiger partial charge in [-0.15, -0.1) is 10.2 Å². The lowest BCUT2D eigenvalue weighted by atomic mass is 10.1. The summed E-state index contributed by atoms with van der Waals surface area (Å²) in [5.41, 5.74) is 3.86. The zero-order chi connectivity index (χ0) is 20.9. The van der Waals surface area contributed by atoms with Crippen LogP contribution in [0.15, 0.2) is 57.5 Å². The van der Waals surface area contributed by atoms with Crippen LogP contribution < -0.4 is 10.1 Å². The van der Waals surface area contributed by atoms with Gasteiger partial charge in [0.05, 0.1) is 19.3 Å². The van der Waals surface area contributed by atoms with Crippen LogP contribution in [0.25, 0.3) is 34.2 Å². The van der Waals surface area contributed by atoms with E-state index in [0.29, 0.717) is 53.3 Å². The molecule has 0 amide bonds. The van der Waals surface area contributed by atoms with Gasteiger partial charge in [0.2, 0.25) is 0 Å². The molecule has 0 aliphatic rings. The first-order valence-corrected chi connectivity index (χ1v) is 9.48. The Balaban J connectivity index is 1.67. The molecular formula is C22H22N4O4. The highest BCUT2D eigenvalue weighted by Gasteiger charge is 2.23. The van der Waals surface area contributed by atoms with Crippen LogP contribution in [0, 0.1) is 6.92 Å². The number of ether oxygens (including phenoxy) is 2. The average Bonchev–Trinajstić information content (AvgIpc) is 3.41. The second-order valence-electron chi connectivity index (χ2n) is 6.58. The van der Waals surface area contributed by atoms with E-state index in [1.165, 1.54) is 0 Å². The smallest absolute Gasteiger partial charge is 0.254 e. The summed E-state index contributed by atoms with van der Waals surface area (Å²) in [6, 6.07) is 15.4. The van der Waals surface area contributed by atoms with Crippen LogP contribution >= 0.6 is 0 Å². The van der Waals surface area contributed by atoms with E-state index in [9.17, 15) is 0 Å². The summed E-state index contributed by atoms with van der Waals surface area (Å²) < 4.78 is 22.0. The SMILES string of the molecule is COCCNc1ccc(-c2nnc(-c3c(-c4ccccc4)noc3C)o2)c(OC)c1. The number of hydrogen-bond donors (Lipinski definition) is 1. The monoisotopic (exact) mass is 406 g/mol. The van der Waals surface area contributed by atoms with Crippen LogP contribution in [0.2, 0.25) is 0 Å². The maximum atomic E-state index is 6.00. The first-order chi connectivity index (χ1) is 14.7. The van der Waals surface area contributed by atoms with Gasteiger partial charge in [0.15, 0.2) is 0 Å². The highest BCUT2D eigenvalue weighted by molar-refractivity contribution is 5.78. The molecule has 2 heterocycles. The first kappa shape index (κ1) is 19.7. The van der Waals surface area contributed by atoms with Crippen LogP contribution in [-0.4, -0.2) is 42.7 Å². The van der Waals surface area contributed by atoms with Gasteiger partial charge in [0.1, 0.15) is 22.8 Å². The summed E-state index contributed by atoms with van der Waals surface area (Å²) in [7, 11) is 3.27. The Hall–Kier alpha value is -3.65. The Bertz CT molecular complexity index is 1120. The van der Waals surface area contributed by atoms with Crippen LogP contribution in [-0.2, 0) is 4.74 Å². The Morgan fingerprint density at radius 1 is 1.00 bits per heavy atom. The number of benzene rings is 2. The fourth-order valence-electron chi connectivity index (χ4n) is 3.13. The molecule has 2 aromatic carbocycles. The second kappa shape index (κ2) is 8.79. The van der Waals surface area contributed by atoms with Crippen LogP contribution in [0.1, 0.15) is 5.76 Å². The molecule has 0 aliphatic heterocycles. The molecule has 4 rings (SSSR count). The number of nitrogens with zero attached hydrogens (tertiary/aromatic N) is 3. The van der Waals surface area contributed by atoms with Crippen molar-refractivity contribution in [2.45, 2.75) is 6.92 Å². The molecule has 154 valence electrons. The van der Waals surface area contributed by atoms with E-state index in [0.717, 1.165) is 11.3 Å². The highest BCUT2D eigenvalue weighted by Crippen LogP contribution is 2.37. The lowest BCUT2D eigenvalue weighted by molar-refractivity contribution is 0.211. The van der Waals surface area contributed by atoms with Gasteiger partial charge in [-0.3, -0.25) is 0 Å². The predicted octanol–water partition coefficient (Wildman–Crippen LogP) is 4.43. The van der Waals surface area contributed by atoms with Crippen molar-refractivity contribution in [1.82, 2.24) is 15.4 Å². The Morgan fingerprint density at radius 3 is 2.57 bits per heavy atom. The summed E-state index contributed by atoms with van der Waals surface area (Å²) >= 11 is 0. The minimum atomic E-state index is 0.340. The molecular weight excluding hydrogens is 384 g/mol. The number of nitrogens with one attached hydrogen (secondary N) is 1. The van der Waals surface area contributed by atoms with Crippen LogP contribution in [0.3, 0.4) is 0 Å². The molecule has 8 heteroatoms. The molecule has 0 aliphatic carbocycles. The van der Waals surface area contributed by atoms with E-state index < -0.39 is 0 Å². The van der Waals surface area contributed by atoms with Gasteiger partial charge < -0.3 is 23.7 Å². The van der Waals surface area contributed by atoms with Gasteiger partial charge in [0.25, 0.3) is 11.8 Å². The van der Waals surface area contributed by atoms with Gasteiger partial charge in [-0.25, -0.2) is 0 Å². The highest BCUT2D eigenvalue weighted by atomic mass is 16.5. The van der Waals surface area contributed by atoms with E-state index in [-0.39, 0.29) is 0 Å². The van der Waals surface area contributed by atoms with Gasteiger partial charge >= 0.3 is 0 Å². The van der Waals surface area contributed by atoms with E-state index in [2.05, 4.69) is 20.7 Å². The average molecular weight is 406 g/mol. The molecule has 0 unspecified atom stereocenters. The number of aromatic nitrogens is 3. The van der Waals surface area contributed by atoms with Gasteiger partial charge in [-0.2, -0.15) is 0 Å².